The van der Waals surface area contributed by atoms with E-state index in [1.165, 1.54) is 11.9 Å². The Labute approximate surface area is 176 Å². The predicted octanol–water partition coefficient (Wildman–Crippen LogP) is 2.71. The lowest BCUT2D eigenvalue weighted by Gasteiger charge is -2.33. The van der Waals surface area contributed by atoms with E-state index in [4.69, 9.17) is 4.74 Å². The summed E-state index contributed by atoms with van der Waals surface area (Å²) in [5.41, 5.74) is 0.0156. The molecule has 0 aliphatic carbocycles. The topological polar surface area (TPSA) is 79.0 Å². The number of carbonyl (C=O) groups is 3. The first-order chi connectivity index (χ1) is 14.7. The molecule has 164 valence electrons. The SMILES string of the molecule is CC1Oc2ccccc2N(CCC(=O)N(C)CC(=O)Nc2ccc(F)c(F)c2F)C1=O. The van der Waals surface area contributed by atoms with Crippen LogP contribution in [0.4, 0.5) is 24.5 Å². The van der Waals surface area contributed by atoms with Crippen molar-refractivity contribution in [3.63, 3.8) is 0 Å². The van der Waals surface area contributed by atoms with Gasteiger partial charge in [-0.15, -0.1) is 0 Å². The molecule has 3 amide bonds. The van der Waals surface area contributed by atoms with Crippen LogP contribution in [-0.2, 0) is 14.4 Å². The van der Waals surface area contributed by atoms with Crippen molar-refractivity contribution < 1.29 is 32.3 Å². The Hall–Kier alpha value is -3.56. The van der Waals surface area contributed by atoms with Crippen LogP contribution in [0.1, 0.15) is 13.3 Å². The van der Waals surface area contributed by atoms with Gasteiger partial charge < -0.3 is 19.9 Å². The zero-order valence-electron chi connectivity index (χ0n) is 16.8. The van der Waals surface area contributed by atoms with Gasteiger partial charge in [0.15, 0.2) is 23.6 Å². The van der Waals surface area contributed by atoms with Gasteiger partial charge in [0, 0.05) is 20.0 Å². The summed E-state index contributed by atoms with van der Waals surface area (Å²) in [6, 6.07) is 8.51. The zero-order chi connectivity index (χ0) is 22.7. The highest BCUT2D eigenvalue weighted by Gasteiger charge is 2.31. The van der Waals surface area contributed by atoms with Crippen LogP contribution >= 0.6 is 0 Å². The minimum Gasteiger partial charge on any atom is -0.479 e. The third-order valence-corrected chi connectivity index (χ3v) is 4.74. The monoisotopic (exact) mass is 435 g/mol. The molecule has 0 saturated heterocycles. The number of benzene rings is 2. The lowest BCUT2D eigenvalue weighted by atomic mass is 10.1. The molecule has 2 aromatic carbocycles. The van der Waals surface area contributed by atoms with Crippen molar-refractivity contribution in [3.05, 3.63) is 53.8 Å². The summed E-state index contributed by atoms with van der Waals surface area (Å²) in [5.74, 6) is -5.60. The maximum absolute atomic E-state index is 13.7. The average Bonchev–Trinajstić information content (AvgIpc) is 2.74. The number of anilines is 2. The highest BCUT2D eigenvalue weighted by atomic mass is 19.2. The van der Waals surface area contributed by atoms with E-state index in [9.17, 15) is 27.6 Å². The number of hydrogen-bond acceptors (Lipinski definition) is 4. The van der Waals surface area contributed by atoms with Crippen molar-refractivity contribution in [1.82, 2.24) is 4.90 Å². The predicted molar refractivity (Wildman–Crippen MR) is 106 cm³/mol. The Kier molecular flexibility index (Phi) is 6.47. The molecular weight excluding hydrogens is 415 g/mol. The van der Waals surface area contributed by atoms with E-state index in [0.717, 1.165) is 11.0 Å². The molecular formula is C21H20F3N3O4. The van der Waals surface area contributed by atoms with E-state index in [1.807, 2.05) is 0 Å². The summed E-state index contributed by atoms with van der Waals surface area (Å²) in [4.78, 5) is 39.5. The van der Waals surface area contributed by atoms with Crippen molar-refractivity contribution in [2.24, 2.45) is 0 Å². The summed E-state index contributed by atoms with van der Waals surface area (Å²) >= 11 is 0. The van der Waals surface area contributed by atoms with Crippen LogP contribution in [0, 0.1) is 17.5 Å². The average molecular weight is 435 g/mol. The van der Waals surface area contributed by atoms with Gasteiger partial charge in [-0.2, -0.15) is 0 Å². The molecule has 1 N–H and O–H groups in total. The summed E-state index contributed by atoms with van der Waals surface area (Å²) < 4.78 is 45.5. The Balaban J connectivity index is 1.58. The molecule has 7 nitrogen and oxygen atoms in total. The van der Waals surface area contributed by atoms with Gasteiger partial charge in [0.05, 0.1) is 17.9 Å². The summed E-state index contributed by atoms with van der Waals surface area (Å²) in [6.45, 7) is 1.24. The van der Waals surface area contributed by atoms with Crippen LogP contribution in [0.5, 0.6) is 5.75 Å². The molecule has 1 aliphatic heterocycles. The lowest BCUT2D eigenvalue weighted by Crippen LogP contribution is -2.46. The highest BCUT2D eigenvalue weighted by Crippen LogP contribution is 2.33. The van der Waals surface area contributed by atoms with Gasteiger partial charge in [0.25, 0.3) is 5.91 Å². The fourth-order valence-electron chi connectivity index (χ4n) is 3.10. The van der Waals surface area contributed by atoms with Gasteiger partial charge in [-0.3, -0.25) is 14.4 Å². The highest BCUT2D eigenvalue weighted by molar-refractivity contribution is 6.00. The maximum Gasteiger partial charge on any atom is 0.267 e. The number of rotatable bonds is 6. The molecule has 0 saturated carbocycles. The van der Waals surface area contributed by atoms with Gasteiger partial charge in [-0.05, 0) is 31.2 Å². The standard InChI is InChI=1S/C21H20F3N3O4/c1-12-21(30)27(15-5-3-4-6-16(15)31-12)10-9-18(29)26(2)11-17(28)25-14-8-7-13(22)19(23)20(14)24/h3-8,12H,9-11H2,1-2H3,(H,25,28). The number of likely N-dealkylation sites (N-methyl/N-ethyl adjacent to an activating group) is 1. The fourth-order valence-corrected chi connectivity index (χ4v) is 3.10. The second-order valence-electron chi connectivity index (χ2n) is 6.99. The number of amides is 3. The Morgan fingerprint density at radius 1 is 1.13 bits per heavy atom. The molecule has 2 aromatic rings. The third kappa shape index (κ3) is 4.79. The first-order valence-electron chi connectivity index (χ1n) is 9.43. The van der Waals surface area contributed by atoms with Gasteiger partial charge in [0.1, 0.15) is 5.75 Å². The van der Waals surface area contributed by atoms with Crippen molar-refractivity contribution >= 4 is 29.1 Å². The molecule has 1 atom stereocenters. The van der Waals surface area contributed by atoms with Crippen molar-refractivity contribution in [3.8, 4) is 5.75 Å². The van der Waals surface area contributed by atoms with Gasteiger partial charge in [0.2, 0.25) is 11.8 Å². The van der Waals surface area contributed by atoms with Crippen LogP contribution < -0.4 is 15.0 Å². The minimum absolute atomic E-state index is 0.0733. The van der Waals surface area contributed by atoms with Gasteiger partial charge in [-0.25, -0.2) is 13.2 Å². The van der Waals surface area contributed by atoms with E-state index >= 15 is 0 Å². The summed E-state index contributed by atoms with van der Waals surface area (Å²) in [6.07, 6.45) is -0.768. The molecule has 0 fully saturated rings. The van der Waals surface area contributed by atoms with E-state index in [0.29, 0.717) is 17.5 Å². The molecule has 0 radical (unpaired) electrons. The second kappa shape index (κ2) is 9.07. The number of hydrogen-bond donors (Lipinski definition) is 1. The van der Waals surface area contributed by atoms with Crippen LogP contribution in [0.25, 0.3) is 0 Å². The van der Waals surface area contributed by atoms with E-state index in [1.54, 1.807) is 31.2 Å². The Morgan fingerprint density at radius 3 is 2.58 bits per heavy atom. The van der Waals surface area contributed by atoms with E-state index in [-0.39, 0.29) is 18.9 Å². The normalized spacial score (nSPS) is 15.2. The molecule has 1 heterocycles. The van der Waals surface area contributed by atoms with Crippen molar-refractivity contribution in [1.29, 1.82) is 0 Å². The van der Waals surface area contributed by atoms with Gasteiger partial charge in [-0.1, -0.05) is 12.1 Å². The molecule has 3 rings (SSSR count). The number of ether oxygens (including phenoxy) is 1. The molecule has 1 aliphatic rings. The van der Waals surface area contributed by atoms with Crippen molar-refractivity contribution in [2.45, 2.75) is 19.4 Å². The largest absolute Gasteiger partial charge is 0.479 e. The molecule has 10 heteroatoms. The Bertz CT molecular complexity index is 1030. The van der Waals surface area contributed by atoms with E-state index < -0.39 is 47.6 Å². The number of nitrogens with one attached hydrogen (secondary N) is 1. The van der Waals surface area contributed by atoms with Crippen LogP contribution in [0.3, 0.4) is 0 Å². The number of nitrogens with zero attached hydrogens (tertiary/aromatic N) is 2. The first kappa shape index (κ1) is 22.1. The van der Waals surface area contributed by atoms with Crippen LogP contribution in [-0.4, -0.2) is 48.9 Å². The number of halogens is 3. The molecule has 0 bridgehead atoms. The Morgan fingerprint density at radius 2 is 1.84 bits per heavy atom. The maximum atomic E-state index is 13.7. The smallest absolute Gasteiger partial charge is 0.267 e. The van der Waals surface area contributed by atoms with Crippen molar-refractivity contribution in [2.75, 3.05) is 30.4 Å². The summed E-state index contributed by atoms with van der Waals surface area (Å²) in [5, 5.41) is 2.10. The molecule has 0 spiro atoms. The quantitative estimate of drug-likeness (QED) is 0.708. The van der Waals surface area contributed by atoms with E-state index in [2.05, 4.69) is 5.32 Å². The molecule has 31 heavy (non-hydrogen) atoms. The van der Waals surface area contributed by atoms with Crippen LogP contribution in [0.2, 0.25) is 0 Å². The van der Waals surface area contributed by atoms with Gasteiger partial charge >= 0.3 is 0 Å². The van der Waals surface area contributed by atoms with Crippen LogP contribution in [0.15, 0.2) is 36.4 Å². The lowest BCUT2D eigenvalue weighted by molar-refractivity contribution is -0.133. The molecule has 1 unspecified atom stereocenters. The number of carbonyl (C=O) groups excluding carboxylic acids is 3. The summed E-state index contributed by atoms with van der Waals surface area (Å²) in [7, 11) is 1.36. The minimum atomic E-state index is -1.70. The first-order valence-corrected chi connectivity index (χ1v) is 9.43. The number of para-hydroxylation sites is 2. The third-order valence-electron chi connectivity index (χ3n) is 4.74. The molecule has 0 aromatic heterocycles. The zero-order valence-corrected chi connectivity index (χ0v) is 16.8. The number of fused-ring (bicyclic) bond motifs is 1. The fraction of sp³-hybridized carbons (Fsp3) is 0.286. The second-order valence-corrected chi connectivity index (χ2v) is 6.99.